The van der Waals surface area contributed by atoms with Crippen molar-refractivity contribution in [3.8, 4) is 11.5 Å². The average molecular weight is 393 g/mol. The lowest BCUT2D eigenvalue weighted by Gasteiger charge is -2.13. The number of carbonyl (C=O) groups is 2. The molecule has 0 saturated carbocycles. The summed E-state index contributed by atoms with van der Waals surface area (Å²) in [7, 11) is -2.91. The summed E-state index contributed by atoms with van der Waals surface area (Å²) in [5, 5.41) is 27.3. The number of rotatable bonds is 7. The van der Waals surface area contributed by atoms with Gasteiger partial charge in [0.25, 0.3) is 10.0 Å². The van der Waals surface area contributed by atoms with E-state index < -0.39 is 27.7 Å². The second-order valence-corrected chi connectivity index (χ2v) is 6.88. The van der Waals surface area contributed by atoms with Gasteiger partial charge in [0.05, 0.1) is 12.8 Å². The van der Waals surface area contributed by atoms with Crippen LogP contribution in [0.5, 0.6) is 11.5 Å². The second kappa shape index (κ2) is 7.79. The Morgan fingerprint density at radius 2 is 1.81 bits per heavy atom. The van der Waals surface area contributed by atoms with E-state index in [0.29, 0.717) is 5.56 Å². The maximum absolute atomic E-state index is 12.7. The molecule has 27 heavy (non-hydrogen) atoms. The Balaban J connectivity index is 2.43. The number of aromatic carboxylic acids is 1. The third-order valence-corrected chi connectivity index (χ3v) is 4.78. The monoisotopic (exact) mass is 393 g/mol. The van der Waals surface area contributed by atoms with Gasteiger partial charge in [-0.05, 0) is 35.9 Å². The van der Waals surface area contributed by atoms with Crippen LogP contribution in [-0.2, 0) is 14.8 Å². The summed E-state index contributed by atoms with van der Waals surface area (Å²) in [6.45, 7) is 0. The van der Waals surface area contributed by atoms with Crippen LogP contribution in [0.1, 0.15) is 15.9 Å². The highest BCUT2D eigenvalue weighted by Gasteiger charge is 2.21. The summed E-state index contributed by atoms with van der Waals surface area (Å²) >= 11 is 0. The lowest BCUT2D eigenvalue weighted by Crippen LogP contribution is -2.14. The molecule has 0 unspecified atom stereocenters. The van der Waals surface area contributed by atoms with Crippen LogP contribution in [0.3, 0.4) is 0 Å². The molecule has 0 aliphatic rings. The first-order valence-electron chi connectivity index (χ1n) is 7.32. The molecular weight excluding hydrogens is 378 g/mol. The van der Waals surface area contributed by atoms with Crippen molar-refractivity contribution in [1.82, 2.24) is 0 Å². The zero-order chi connectivity index (χ0) is 20.2. The van der Waals surface area contributed by atoms with E-state index in [0.717, 1.165) is 18.2 Å². The number of carboxylic acid groups (broad SMARTS) is 2. The molecule has 0 aliphatic heterocycles. The molecule has 9 nitrogen and oxygen atoms in total. The fourth-order valence-electron chi connectivity index (χ4n) is 2.16. The molecule has 0 bridgehead atoms. The van der Waals surface area contributed by atoms with Gasteiger partial charge in [-0.1, -0.05) is 6.07 Å². The molecule has 0 amide bonds. The fraction of sp³-hybridized carbons (Fsp3) is 0.0588. The van der Waals surface area contributed by atoms with Crippen LogP contribution in [-0.4, -0.2) is 42.8 Å². The molecule has 0 heterocycles. The number of ether oxygens (including phenoxy) is 1. The van der Waals surface area contributed by atoms with Gasteiger partial charge >= 0.3 is 11.9 Å². The van der Waals surface area contributed by atoms with Crippen molar-refractivity contribution in [2.45, 2.75) is 4.90 Å². The van der Waals surface area contributed by atoms with E-state index in [2.05, 4.69) is 4.72 Å². The minimum Gasteiger partial charge on any atom is -0.507 e. The predicted octanol–water partition coefficient (Wildman–Crippen LogP) is 2.00. The number of phenols is 1. The molecule has 0 spiro atoms. The van der Waals surface area contributed by atoms with Gasteiger partial charge in [0.15, 0.2) is 0 Å². The summed E-state index contributed by atoms with van der Waals surface area (Å²) in [5.41, 5.74) is -0.134. The van der Waals surface area contributed by atoms with Crippen molar-refractivity contribution in [2.24, 2.45) is 0 Å². The lowest BCUT2D eigenvalue weighted by molar-refractivity contribution is -0.131. The first-order chi connectivity index (χ1) is 12.6. The zero-order valence-corrected chi connectivity index (χ0v) is 14.7. The Labute approximate surface area is 154 Å². The van der Waals surface area contributed by atoms with Crippen molar-refractivity contribution in [2.75, 3.05) is 11.8 Å². The van der Waals surface area contributed by atoms with Gasteiger partial charge in [0.1, 0.15) is 22.0 Å². The van der Waals surface area contributed by atoms with Gasteiger partial charge in [-0.3, -0.25) is 4.72 Å². The number of aliphatic carboxylic acids is 1. The van der Waals surface area contributed by atoms with Crippen LogP contribution in [0.25, 0.3) is 6.08 Å². The summed E-state index contributed by atoms with van der Waals surface area (Å²) in [4.78, 5) is 21.3. The van der Waals surface area contributed by atoms with E-state index in [4.69, 9.17) is 14.9 Å². The molecule has 2 aromatic rings. The molecule has 0 fully saturated rings. The van der Waals surface area contributed by atoms with Crippen LogP contribution in [0.2, 0.25) is 0 Å². The minimum absolute atomic E-state index is 0.0151. The number of aromatic hydroxyl groups is 1. The minimum atomic E-state index is -4.18. The van der Waals surface area contributed by atoms with E-state index >= 15 is 0 Å². The van der Waals surface area contributed by atoms with Crippen molar-refractivity contribution in [1.29, 1.82) is 0 Å². The van der Waals surface area contributed by atoms with Crippen LogP contribution in [0.15, 0.2) is 47.4 Å². The van der Waals surface area contributed by atoms with Gasteiger partial charge in [-0.2, -0.15) is 0 Å². The van der Waals surface area contributed by atoms with E-state index in [1.54, 1.807) is 0 Å². The summed E-state index contributed by atoms with van der Waals surface area (Å²) in [6.07, 6.45) is 2.07. The smallest absolute Gasteiger partial charge is 0.339 e. The van der Waals surface area contributed by atoms with Gasteiger partial charge in [0.2, 0.25) is 0 Å². The number of sulfonamides is 1. The summed E-state index contributed by atoms with van der Waals surface area (Å²) in [6, 6.07) is 7.25. The van der Waals surface area contributed by atoms with Gasteiger partial charge in [0, 0.05) is 12.1 Å². The maximum atomic E-state index is 12.7. The van der Waals surface area contributed by atoms with E-state index in [1.807, 2.05) is 0 Å². The third kappa shape index (κ3) is 4.76. The van der Waals surface area contributed by atoms with Crippen molar-refractivity contribution < 1.29 is 38.1 Å². The highest BCUT2D eigenvalue weighted by molar-refractivity contribution is 7.92. The normalized spacial score (nSPS) is 11.3. The molecule has 0 saturated heterocycles. The highest BCUT2D eigenvalue weighted by Crippen LogP contribution is 2.29. The predicted molar refractivity (Wildman–Crippen MR) is 95.5 cm³/mol. The largest absolute Gasteiger partial charge is 0.507 e. The lowest BCUT2D eigenvalue weighted by atomic mass is 10.2. The summed E-state index contributed by atoms with van der Waals surface area (Å²) in [5.74, 6) is -3.14. The Morgan fingerprint density at radius 3 is 2.37 bits per heavy atom. The van der Waals surface area contributed by atoms with E-state index in [9.17, 15) is 23.1 Å². The van der Waals surface area contributed by atoms with Crippen molar-refractivity contribution in [3.63, 3.8) is 0 Å². The Kier molecular flexibility index (Phi) is 5.71. The quantitative estimate of drug-likeness (QED) is 0.522. The number of hydrogen-bond donors (Lipinski definition) is 4. The Hall–Kier alpha value is -3.53. The molecule has 0 radical (unpaired) electrons. The maximum Gasteiger partial charge on any atom is 0.339 e. The van der Waals surface area contributed by atoms with Gasteiger partial charge < -0.3 is 20.1 Å². The molecular formula is C17H15NO8S. The Morgan fingerprint density at radius 1 is 1.11 bits per heavy atom. The van der Waals surface area contributed by atoms with Crippen LogP contribution in [0, 0.1) is 0 Å². The molecule has 0 atom stereocenters. The molecule has 4 N–H and O–H groups in total. The third-order valence-electron chi connectivity index (χ3n) is 3.38. The first-order valence-corrected chi connectivity index (χ1v) is 8.80. The number of benzene rings is 2. The topological polar surface area (TPSA) is 150 Å². The van der Waals surface area contributed by atoms with Gasteiger partial charge in [-0.15, -0.1) is 0 Å². The molecule has 0 aliphatic carbocycles. The van der Waals surface area contributed by atoms with Crippen molar-refractivity contribution >= 4 is 33.7 Å². The number of nitrogens with one attached hydrogen (secondary N) is 1. The molecule has 142 valence electrons. The molecule has 10 heteroatoms. The van der Waals surface area contributed by atoms with Crippen LogP contribution < -0.4 is 9.46 Å². The second-order valence-electron chi connectivity index (χ2n) is 5.22. The highest BCUT2D eigenvalue weighted by atomic mass is 32.2. The number of anilines is 1. The SMILES string of the molecule is COc1ccc(/C=C/C(=O)O)cc1S(=O)(=O)Nc1ccc(C(=O)O)c(O)c1. The van der Waals surface area contributed by atoms with E-state index in [1.165, 1.54) is 37.5 Å². The number of hydrogen-bond acceptors (Lipinski definition) is 6. The zero-order valence-electron chi connectivity index (χ0n) is 13.9. The fourth-order valence-corrected chi connectivity index (χ4v) is 3.42. The van der Waals surface area contributed by atoms with Crippen LogP contribution in [0.4, 0.5) is 5.69 Å². The Bertz CT molecular complexity index is 1030. The molecule has 0 aromatic heterocycles. The first kappa shape index (κ1) is 19.8. The molecule has 2 aromatic carbocycles. The van der Waals surface area contributed by atoms with Crippen LogP contribution >= 0.6 is 0 Å². The van der Waals surface area contributed by atoms with Crippen molar-refractivity contribution in [3.05, 3.63) is 53.6 Å². The van der Waals surface area contributed by atoms with E-state index in [-0.39, 0.29) is 21.9 Å². The van der Waals surface area contributed by atoms with Gasteiger partial charge in [-0.25, -0.2) is 18.0 Å². The molecule has 2 rings (SSSR count). The average Bonchev–Trinajstić information content (AvgIpc) is 2.59. The summed E-state index contributed by atoms with van der Waals surface area (Å²) < 4.78 is 32.6. The standard InChI is InChI=1S/C17H15NO8S/c1-26-14-6-2-10(3-7-16(20)21)8-15(14)27(24,25)18-11-4-5-12(17(22)23)13(19)9-11/h2-9,18-19H,1H3,(H,20,21)(H,22,23)/b7-3+. The number of carboxylic acids is 2. The number of methoxy groups -OCH3 is 1.